The number of benzene rings is 2. The molecular weight excluding hydrogens is 414 g/mol. The van der Waals surface area contributed by atoms with E-state index in [1.807, 2.05) is 70.3 Å². The first-order chi connectivity index (χ1) is 15.8. The van der Waals surface area contributed by atoms with Crippen molar-refractivity contribution in [2.24, 2.45) is 0 Å². The SMILES string of the molecule is CN(C(=O)OC(C)(C)C)C1CCCN(c2nc3ccccc3n2Cc2ccccc2C#N)C1. The third kappa shape index (κ3) is 4.95. The molecule has 3 aromatic rings. The van der Waals surface area contributed by atoms with Crippen LogP contribution in [0.15, 0.2) is 48.5 Å². The molecule has 4 rings (SSSR count). The van der Waals surface area contributed by atoms with E-state index in [4.69, 9.17) is 9.72 Å². The summed E-state index contributed by atoms with van der Waals surface area (Å²) in [4.78, 5) is 21.6. The minimum Gasteiger partial charge on any atom is -0.444 e. The molecule has 1 atom stereocenters. The van der Waals surface area contributed by atoms with E-state index in [1.54, 1.807) is 4.90 Å². The number of rotatable bonds is 4. The fourth-order valence-corrected chi connectivity index (χ4v) is 4.33. The summed E-state index contributed by atoms with van der Waals surface area (Å²) in [7, 11) is 1.81. The van der Waals surface area contributed by atoms with E-state index in [1.165, 1.54) is 0 Å². The summed E-state index contributed by atoms with van der Waals surface area (Å²) < 4.78 is 7.77. The van der Waals surface area contributed by atoms with Crippen LogP contribution in [-0.2, 0) is 11.3 Å². The molecule has 1 aliphatic rings. The second-order valence-electron chi connectivity index (χ2n) is 9.59. The summed E-state index contributed by atoms with van der Waals surface area (Å²) in [5, 5.41) is 9.57. The van der Waals surface area contributed by atoms with E-state index < -0.39 is 5.60 Å². The monoisotopic (exact) mass is 445 g/mol. The maximum atomic E-state index is 12.7. The Morgan fingerprint density at radius 3 is 2.70 bits per heavy atom. The predicted molar refractivity (Wildman–Crippen MR) is 129 cm³/mol. The van der Waals surface area contributed by atoms with Crippen LogP contribution in [0.3, 0.4) is 0 Å². The number of ether oxygens (including phenoxy) is 1. The predicted octanol–water partition coefficient (Wildman–Crippen LogP) is 4.79. The lowest BCUT2D eigenvalue weighted by atomic mass is 10.1. The second kappa shape index (κ2) is 9.14. The van der Waals surface area contributed by atoms with Crippen LogP contribution in [0, 0.1) is 11.3 Å². The third-order valence-corrected chi connectivity index (χ3v) is 6.01. The van der Waals surface area contributed by atoms with Crippen LogP contribution in [0.25, 0.3) is 11.0 Å². The van der Waals surface area contributed by atoms with Crippen LogP contribution in [0.1, 0.15) is 44.7 Å². The molecule has 1 unspecified atom stereocenters. The molecule has 1 fully saturated rings. The number of likely N-dealkylation sites (N-methyl/N-ethyl adjacent to an activating group) is 1. The second-order valence-corrected chi connectivity index (χ2v) is 9.59. The molecule has 0 N–H and O–H groups in total. The number of nitrogens with zero attached hydrogens (tertiary/aromatic N) is 5. The van der Waals surface area contributed by atoms with Crippen molar-refractivity contribution in [1.82, 2.24) is 14.5 Å². The fourth-order valence-electron chi connectivity index (χ4n) is 4.33. The van der Waals surface area contributed by atoms with Gasteiger partial charge in [-0.25, -0.2) is 9.78 Å². The average Bonchev–Trinajstić information content (AvgIpc) is 3.16. The number of hydrogen-bond donors (Lipinski definition) is 0. The first-order valence-electron chi connectivity index (χ1n) is 11.4. The zero-order chi connectivity index (χ0) is 23.6. The number of carbonyl (C=O) groups is 1. The molecule has 7 nitrogen and oxygen atoms in total. The van der Waals surface area contributed by atoms with Gasteiger partial charge in [0, 0.05) is 20.1 Å². The highest BCUT2D eigenvalue weighted by Crippen LogP contribution is 2.28. The van der Waals surface area contributed by atoms with E-state index >= 15 is 0 Å². The molecule has 0 spiro atoms. The van der Waals surface area contributed by atoms with Crippen LogP contribution < -0.4 is 4.90 Å². The van der Waals surface area contributed by atoms with Gasteiger partial charge in [0.25, 0.3) is 0 Å². The van der Waals surface area contributed by atoms with Crippen molar-refractivity contribution in [3.63, 3.8) is 0 Å². The summed E-state index contributed by atoms with van der Waals surface area (Å²) >= 11 is 0. The van der Waals surface area contributed by atoms with Gasteiger partial charge in [-0.1, -0.05) is 30.3 Å². The Bertz CT molecular complexity index is 1190. The standard InChI is InChI=1S/C26H31N5O2/c1-26(2,3)33-25(32)29(4)21-12-9-15-30(18-21)24-28-22-13-7-8-14-23(22)31(24)17-20-11-6-5-10-19(20)16-27/h5-8,10-11,13-14,21H,9,12,15,17-18H2,1-4H3. The zero-order valence-electron chi connectivity index (χ0n) is 19.8. The highest BCUT2D eigenvalue weighted by Gasteiger charge is 2.31. The minimum atomic E-state index is -0.526. The van der Waals surface area contributed by atoms with Crippen LogP contribution in [0.5, 0.6) is 0 Å². The van der Waals surface area contributed by atoms with Gasteiger partial charge >= 0.3 is 6.09 Å². The number of anilines is 1. The zero-order valence-corrected chi connectivity index (χ0v) is 19.8. The number of piperidine rings is 1. The largest absolute Gasteiger partial charge is 0.444 e. The normalized spacial score (nSPS) is 16.5. The molecule has 1 aliphatic heterocycles. The molecular formula is C26H31N5O2. The van der Waals surface area contributed by atoms with Crippen molar-refractivity contribution in [1.29, 1.82) is 5.26 Å². The number of carbonyl (C=O) groups excluding carboxylic acids is 1. The lowest BCUT2D eigenvalue weighted by Crippen LogP contribution is -2.50. The molecule has 0 aliphatic carbocycles. The van der Waals surface area contributed by atoms with Gasteiger partial charge in [0.05, 0.1) is 35.3 Å². The lowest BCUT2D eigenvalue weighted by Gasteiger charge is -2.38. The van der Waals surface area contributed by atoms with Gasteiger partial charge in [0.2, 0.25) is 5.95 Å². The van der Waals surface area contributed by atoms with Crippen molar-refractivity contribution >= 4 is 23.1 Å². The number of imidazole rings is 1. The van der Waals surface area contributed by atoms with Crippen molar-refractivity contribution < 1.29 is 9.53 Å². The molecule has 172 valence electrons. The molecule has 33 heavy (non-hydrogen) atoms. The van der Waals surface area contributed by atoms with E-state index in [0.29, 0.717) is 18.7 Å². The molecule has 0 bridgehead atoms. The first-order valence-corrected chi connectivity index (χ1v) is 11.4. The van der Waals surface area contributed by atoms with Crippen molar-refractivity contribution in [3.8, 4) is 6.07 Å². The average molecular weight is 446 g/mol. The summed E-state index contributed by atoms with van der Waals surface area (Å²) in [5.41, 5.74) is 3.06. The molecule has 2 heterocycles. The number of aromatic nitrogens is 2. The van der Waals surface area contributed by atoms with Crippen LogP contribution in [-0.4, -0.2) is 52.3 Å². The molecule has 2 aromatic carbocycles. The van der Waals surface area contributed by atoms with Crippen LogP contribution >= 0.6 is 0 Å². The van der Waals surface area contributed by atoms with Crippen molar-refractivity contribution in [3.05, 3.63) is 59.7 Å². The van der Waals surface area contributed by atoms with Crippen molar-refractivity contribution in [2.45, 2.75) is 51.8 Å². The summed E-state index contributed by atoms with van der Waals surface area (Å²) in [6.45, 7) is 7.75. The summed E-state index contributed by atoms with van der Waals surface area (Å²) in [5.74, 6) is 0.867. The van der Waals surface area contributed by atoms with Gasteiger partial charge in [-0.3, -0.25) is 0 Å². The Hall–Kier alpha value is -3.53. The van der Waals surface area contributed by atoms with E-state index in [9.17, 15) is 10.1 Å². The lowest BCUT2D eigenvalue weighted by molar-refractivity contribution is 0.0209. The number of amides is 1. The number of nitriles is 1. The van der Waals surface area contributed by atoms with Crippen LogP contribution in [0.2, 0.25) is 0 Å². The Balaban J connectivity index is 1.64. The fraction of sp³-hybridized carbons (Fsp3) is 0.423. The molecule has 1 aromatic heterocycles. The molecule has 1 saturated heterocycles. The maximum absolute atomic E-state index is 12.7. The van der Waals surface area contributed by atoms with Gasteiger partial charge in [-0.15, -0.1) is 0 Å². The smallest absolute Gasteiger partial charge is 0.410 e. The van der Waals surface area contributed by atoms with E-state index in [0.717, 1.165) is 41.9 Å². The van der Waals surface area contributed by atoms with Crippen LogP contribution in [0.4, 0.5) is 10.7 Å². The topological polar surface area (TPSA) is 74.4 Å². The van der Waals surface area contributed by atoms with Crippen molar-refractivity contribution in [2.75, 3.05) is 25.0 Å². The molecule has 0 saturated carbocycles. The van der Waals surface area contributed by atoms with E-state index in [-0.39, 0.29) is 12.1 Å². The minimum absolute atomic E-state index is 0.0354. The number of fused-ring (bicyclic) bond motifs is 1. The quantitative estimate of drug-likeness (QED) is 0.577. The molecule has 1 amide bonds. The Labute approximate surface area is 195 Å². The summed E-state index contributed by atoms with van der Waals surface area (Å²) in [6.07, 6.45) is 1.57. The maximum Gasteiger partial charge on any atom is 0.410 e. The number of para-hydroxylation sites is 2. The summed E-state index contributed by atoms with van der Waals surface area (Å²) in [6, 6.07) is 18.1. The molecule has 7 heteroatoms. The first kappa shape index (κ1) is 22.7. The third-order valence-electron chi connectivity index (χ3n) is 6.01. The Morgan fingerprint density at radius 1 is 1.21 bits per heavy atom. The molecule has 0 radical (unpaired) electrons. The highest BCUT2D eigenvalue weighted by atomic mass is 16.6. The number of hydrogen-bond acceptors (Lipinski definition) is 5. The Morgan fingerprint density at radius 2 is 1.94 bits per heavy atom. The Kier molecular flexibility index (Phi) is 6.28. The highest BCUT2D eigenvalue weighted by molar-refractivity contribution is 5.79. The van der Waals surface area contributed by atoms with Gasteiger partial charge in [-0.2, -0.15) is 5.26 Å². The van der Waals surface area contributed by atoms with E-state index in [2.05, 4.69) is 21.6 Å². The van der Waals surface area contributed by atoms with Gasteiger partial charge < -0.3 is 19.1 Å². The van der Waals surface area contributed by atoms with Gasteiger partial charge in [0.1, 0.15) is 5.60 Å². The van der Waals surface area contributed by atoms with Gasteiger partial charge in [0.15, 0.2) is 0 Å². The van der Waals surface area contributed by atoms with Gasteiger partial charge in [-0.05, 0) is 57.4 Å².